The molecular formula is C12H14N4OS. The summed E-state index contributed by atoms with van der Waals surface area (Å²) >= 11 is 1.56. The maximum atomic E-state index is 12.4. The number of aryl methyl sites for hydroxylation is 1. The Morgan fingerprint density at radius 1 is 1.39 bits per heavy atom. The first kappa shape index (κ1) is 11.4. The first-order valence-corrected chi connectivity index (χ1v) is 6.76. The van der Waals surface area contributed by atoms with Crippen LogP contribution in [0.1, 0.15) is 19.3 Å². The fraction of sp³-hybridized carbons (Fsp3) is 0.333. The van der Waals surface area contributed by atoms with E-state index in [-0.39, 0.29) is 11.2 Å². The van der Waals surface area contributed by atoms with Gasteiger partial charge in [-0.05, 0) is 26.0 Å². The lowest BCUT2D eigenvalue weighted by atomic mass is 10.3. The first-order chi connectivity index (χ1) is 8.72. The maximum absolute atomic E-state index is 12.4. The second kappa shape index (κ2) is 4.20. The second-order valence-corrected chi connectivity index (χ2v) is 5.39. The number of hydrazone groups is 1. The molecule has 0 saturated heterocycles. The molecule has 1 atom stereocenters. The van der Waals surface area contributed by atoms with Crippen molar-refractivity contribution in [2.45, 2.75) is 25.9 Å². The van der Waals surface area contributed by atoms with Gasteiger partial charge in [0.15, 0.2) is 5.50 Å². The molecule has 94 valence electrons. The van der Waals surface area contributed by atoms with E-state index in [9.17, 15) is 4.79 Å². The molecular weight excluding hydrogens is 248 g/mol. The van der Waals surface area contributed by atoms with Gasteiger partial charge in [-0.2, -0.15) is 5.10 Å². The molecule has 0 radical (unpaired) electrons. The van der Waals surface area contributed by atoms with Crippen LogP contribution in [-0.2, 0) is 6.54 Å². The standard InChI is InChI=1S/C12H14N4OS/c1-3-15-9-6-4-5-7-10(9)16(12(15)17)11-14-13-8(2)18-11/h4-7,11,14H,3H2,1-2H3. The SMILES string of the molecule is CCn1c(=O)n(C2NN=C(C)S2)c2ccccc21. The molecule has 2 aromatic rings. The zero-order valence-electron chi connectivity index (χ0n) is 10.3. The van der Waals surface area contributed by atoms with Crippen molar-refractivity contribution in [2.24, 2.45) is 5.10 Å². The highest BCUT2D eigenvalue weighted by Crippen LogP contribution is 2.28. The Bertz CT molecular complexity index is 685. The molecule has 0 fully saturated rings. The van der Waals surface area contributed by atoms with Gasteiger partial charge in [0.05, 0.1) is 16.1 Å². The number of fused-ring (bicyclic) bond motifs is 1. The van der Waals surface area contributed by atoms with Crippen LogP contribution in [0, 0.1) is 0 Å². The Morgan fingerprint density at radius 2 is 2.11 bits per heavy atom. The molecule has 3 rings (SSSR count). The molecule has 0 amide bonds. The van der Waals surface area contributed by atoms with Gasteiger partial charge < -0.3 is 0 Å². The summed E-state index contributed by atoms with van der Waals surface area (Å²) in [5.41, 5.74) is 4.77. The normalized spacial score (nSPS) is 19.0. The fourth-order valence-corrected chi connectivity index (χ4v) is 3.08. The first-order valence-electron chi connectivity index (χ1n) is 5.88. The largest absolute Gasteiger partial charge is 0.331 e. The smallest absolute Gasteiger partial charge is 0.292 e. The Hall–Kier alpha value is -1.69. The molecule has 2 heterocycles. The molecule has 18 heavy (non-hydrogen) atoms. The highest BCUT2D eigenvalue weighted by Gasteiger charge is 2.23. The summed E-state index contributed by atoms with van der Waals surface area (Å²) in [4.78, 5) is 12.4. The third kappa shape index (κ3) is 1.56. The molecule has 0 spiro atoms. The minimum atomic E-state index is -0.143. The van der Waals surface area contributed by atoms with Crippen molar-refractivity contribution in [1.29, 1.82) is 0 Å². The number of rotatable bonds is 2. The van der Waals surface area contributed by atoms with Crippen LogP contribution in [0.25, 0.3) is 11.0 Å². The third-order valence-electron chi connectivity index (χ3n) is 3.03. The number of nitrogens with one attached hydrogen (secondary N) is 1. The number of thioether (sulfide) groups is 1. The minimum Gasteiger partial charge on any atom is -0.292 e. The molecule has 1 unspecified atom stereocenters. The lowest BCUT2D eigenvalue weighted by molar-refractivity contribution is 0.556. The van der Waals surface area contributed by atoms with Gasteiger partial charge in [-0.25, -0.2) is 4.79 Å². The molecule has 1 aliphatic heterocycles. The van der Waals surface area contributed by atoms with Crippen molar-refractivity contribution < 1.29 is 0 Å². The number of nitrogens with zero attached hydrogens (tertiary/aromatic N) is 3. The Balaban J connectivity index is 2.23. The lowest BCUT2D eigenvalue weighted by Crippen LogP contribution is -2.29. The Labute approximate surface area is 108 Å². The molecule has 0 saturated carbocycles. The van der Waals surface area contributed by atoms with Gasteiger partial charge in [0.2, 0.25) is 0 Å². The molecule has 0 aliphatic carbocycles. The van der Waals surface area contributed by atoms with Gasteiger partial charge in [0, 0.05) is 6.54 Å². The van der Waals surface area contributed by atoms with E-state index in [2.05, 4.69) is 10.5 Å². The zero-order chi connectivity index (χ0) is 12.7. The summed E-state index contributed by atoms with van der Waals surface area (Å²) in [5.74, 6) is 0. The van der Waals surface area contributed by atoms with Crippen LogP contribution in [0.15, 0.2) is 34.2 Å². The van der Waals surface area contributed by atoms with Gasteiger partial charge in [0.1, 0.15) is 0 Å². The van der Waals surface area contributed by atoms with E-state index in [0.29, 0.717) is 6.54 Å². The number of para-hydroxylation sites is 2. The molecule has 6 heteroatoms. The van der Waals surface area contributed by atoms with Gasteiger partial charge in [-0.3, -0.25) is 14.6 Å². The number of hydrogen-bond donors (Lipinski definition) is 1. The summed E-state index contributed by atoms with van der Waals surface area (Å²) in [6.45, 7) is 4.58. The lowest BCUT2D eigenvalue weighted by Gasteiger charge is -2.10. The van der Waals surface area contributed by atoms with Crippen molar-refractivity contribution in [2.75, 3.05) is 0 Å². The summed E-state index contributed by atoms with van der Waals surface area (Å²) < 4.78 is 3.55. The van der Waals surface area contributed by atoms with Gasteiger partial charge >= 0.3 is 5.69 Å². The molecule has 1 aromatic carbocycles. The predicted molar refractivity (Wildman–Crippen MR) is 74.7 cm³/mol. The summed E-state index contributed by atoms with van der Waals surface area (Å²) in [6.07, 6.45) is 0. The van der Waals surface area contributed by atoms with Crippen LogP contribution in [-0.4, -0.2) is 14.2 Å². The third-order valence-corrected chi connectivity index (χ3v) is 4.01. The average Bonchev–Trinajstić information content (AvgIpc) is 2.90. The van der Waals surface area contributed by atoms with E-state index >= 15 is 0 Å². The van der Waals surface area contributed by atoms with Crippen LogP contribution in [0.5, 0.6) is 0 Å². The van der Waals surface area contributed by atoms with E-state index in [4.69, 9.17) is 0 Å². The maximum Gasteiger partial charge on any atom is 0.331 e. The van der Waals surface area contributed by atoms with Gasteiger partial charge in [-0.15, -0.1) is 0 Å². The predicted octanol–water partition coefficient (Wildman–Crippen LogP) is 1.95. The monoisotopic (exact) mass is 262 g/mol. The second-order valence-electron chi connectivity index (χ2n) is 4.12. The van der Waals surface area contributed by atoms with E-state index in [1.807, 2.05) is 38.1 Å². The average molecular weight is 262 g/mol. The Morgan fingerprint density at radius 3 is 2.72 bits per heavy atom. The fourth-order valence-electron chi connectivity index (χ4n) is 2.24. The number of imidazole rings is 1. The van der Waals surface area contributed by atoms with Crippen LogP contribution in [0.4, 0.5) is 0 Å². The van der Waals surface area contributed by atoms with E-state index in [1.54, 1.807) is 20.9 Å². The van der Waals surface area contributed by atoms with Crippen LogP contribution >= 0.6 is 11.8 Å². The van der Waals surface area contributed by atoms with Crippen molar-refractivity contribution in [3.8, 4) is 0 Å². The van der Waals surface area contributed by atoms with Crippen LogP contribution in [0.3, 0.4) is 0 Å². The highest BCUT2D eigenvalue weighted by atomic mass is 32.2. The van der Waals surface area contributed by atoms with Crippen molar-refractivity contribution in [3.63, 3.8) is 0 Å². The zero-order valence-corrected chi connectivity index (χ0v) is 11.1. The van der Waals surface area contributed by atoms with Crippen LogP contribution in [0.2, 0.25) is 0 Å². The van der Waals surface area contributed by atoms with E-state index in [1.165, 1.54) is 0 Å². The van der Waals surface area contributed by atoms with E-state index in [0.717, 1.165) is 16.1 Å². The van der Waals surface area contributed by atoms with Gasteiger partial charge in [0.25, 0.3) is 0 Å². The molecule has 1 N–H and O–H groups in total. The van der Waals surface area contributed by atoms with Gasteiger partial charge in [-0.1, -0.05) is 23.9 Å². The highest BCUT2D eigenvalue weighted by molar-refractivity contribution is 8.14. The quantitative estimate of drug-likeness (QED) is 0.900. The van der Waals surface area contributed by atoms with E-state index < -0.39 is 0 Å². The van der Waals surface area contributed by atoms with Crippen LogP contribution < -0.4 is 11.1 Å². The molecule has 5 nitrogen and oxygen atoms in total. The molecule has 0 bridgehead atoms. The topological polar surface area (TPSA) is 51.3 Å². The van der Waals surface area contributed by atoms with Crippen molar-refractivity contribution in [1.82, 2.24) is 14.6 Å². The summed E-state index contributed by atoms with van der Waals surface area (Å²) in [7, 11) is 0. The molecule has 1 aliphatic rings. The Kier molecular flexibility index (Phi) is 2.66. The summed E-state index contributed by atoms with van der Waals surface area (Å²) in [5, 5.41) is 5.08. The minimum absolute atomic E-state index is 0.00796. The molecule has 1 aromatic heterocycles. The van der Waals surface area contributed by atoms with Crippen molar-refractivity contribution in [3.05, 3.63) is 34.7 Å². The van der Waals surface area contributed by atoms with Crippen molar-refractivity contribution >= 4 is 27.8 Å². The number of hydrogen-bond acceptors (Lipinski definition) is 4. The number of benzene rings is 1. The summed E-state index contributed by atoms with van der Waals surface area (Å²) in [6, 6.07) is 7.85. The number of aromatic nitrogens is 2.